The molecule has 1 aliphatic heterocycles. The Labute approximate surface area is 112 Å². The number of aliphatic hydroxyl groups is 1. The maximum atomic E-state index is 11.0. The number of anilines is 1. The summed E-state index contributed by atoms with van der Waals surface area (Å²) in [4.78, 5) is 12.5. The molecule has 1 aliphatic rings. The Kier molecular flexibility index (Phi) is 4.15. The fourth-order valence-corrected chi connectivity index (χ4v) is 2.35. The lowest BCUT2D eigenvalue weighted by Crippen LogP contribution is -2.47. The Balaban J connectivity index is 2.41. The molecule has 0 radical (unpaired) electrons. The van der Waals surface area contributed by atoms with Crippen molar-refractivity contribution >= 4 is 27.3 Å². The molecule has 0 aliphatic carbocycles. The maximum Gasteiger partial charge on any atom is 0.292 e. The zero-order chi connectivity index (χ0) is 13.1. The molecule has 1 fully saturated rings. The highest BCUT2D eigenvalue weighted by atomic mass is 79.9. The van der Waals surface area contributed by atoms with E-state index in [-0.39, 0.29) is 18.3 Å². The van der Waals surface area contributed by atoms with Gasteiger partial charge in [-0.2, -0.15) is 0 Å². The Morgan fingerprint density at radius 3 is 3.06 bits per heavy atom. The quantitative estimate of drug-likeness (QED) is 0.676. The minimum atomic E-state index is -0.411. The molecule has 1 unspecified atom stereocenters. The third kappa shape index (κ3) is 2.63. The normalized spacial score (nSPS) is 19.9. The van der Waals surface area contributed by atoms with Crippen LogP contribution in [0.25, 0.3) is 0 Å². The van der Waals surface area contributed by atoms with Crippen LogP contribution in [0.2, 0.25) is 0 Å². The van der Waals surface area contributed by atoms with Gasteiger partial charge in [-0.3, -0.25) is 10.1 Å². The summed E-state index contributed by atoms with van der Waals surface area (Å²) in [7, 11) is 0. The lowest BCUT2D eigenvalue weighted by molar-refractivity contribution is -0.384. The minimum Gasteiger partial charge on any atom is -0.394 e. The summed E-state index contributed by atoms with van der Waals surface area (Å²) < 4.78 is 6.04. The molecule has 1 aromatic rings. The summed E-state index contributed by atoms with van der Waals surface area (Å²) in [6.07, 6.45) is 0. The highest BCUT2D eigenvalue weighted by Gasteiger charge is 2.28. The van der Waals surface area contributed by atoms with Gasteiger partial charge < -0.3 is 14.7 Å². The second-order valence-corrected chi connectivity index (χ2v) is 4.91. The highest BCUT2D eigenvalue weighted by Crippen LogP contribution is 2.33. The molecule has 1 aromatic carbocycles. The molecule has 0 spiro atoms. The molecular formula is C11H13BrN2O4. The number of benzene rings is 1. The van der Waals surface area contributed by atoms with E-state index >= 15 is 0 Å². The predicted octanol–water partition coefficient (Wildman–Crippen LogP) is 1.55. The average Bonchev–Trinajstić information content (AvgIpc) is 2.38. The number of aliphatic hydroxyl groups excluding tert-OH is 1. The summed E-state index contributed by atoms with van der Waals surface area (Å²) in [5.41, 5.74) is 0.551. The first-order chi connectivity index (χ1) is 8.63. The largest absolute Gasteiger partial charge is 0.394 e. The van der Waals surface area contributed by atoms with Gasteiger partial charge >= 0.3 is 0 Å². The van der Waals surface area contributed by atoms with Crippen LogP contribution < -0.4 is 4.90 Å². The molecule has 98 valence electrons. The highest BCUT2D eigenvalue weighted by molar-refractivity contribution is 9.10. The summed E-state index contributed by atoms with van der Waals surface area (Å²) in [6, 6.07) is 4.55. The summed E-state index contributed by atoms with van der Waals surface area (Å²) in [5, 5.41) is 20.4. The van der Waals surface area contributed by atoms with Crippen molar-refractivity contribution in [2.45, 2.75) is 6.04 Å². The molecule has 1 atom stereocenters. The van der Waals surface area contributed by atoms with Crippen LogP contribution in [0.15, 0.2) is 22.7 Å². The van der Waals surface area contributed by atoms with Gasteiger partial charge in [0.25, 0.3) is 5.69 Å². The lowest BCUT2D eigenvalue weighted by atomic mass is 10.1. The molecule has 6 nitrogen and oxygen atoms in total. The molecule has 0 aromatic heterocycles. The van der Waals surface area contributed by atoms with Crippen LogP contribution in [0.4, 0.5) is 11.4 Å². The molecule has 0 bridgehead atoms. The van der Waals surface area contributed by atoms with E-state index in [1.54, 1.807) is 12.1 Å². The van der Waals surface area contributed by atoms with Crippen molar-refractivity contribution in [3.8, 4) is 0 Å². The van der Waals surface area contributed by atoms with E-state index in [0.29, 0.717) is 25.4 Å². The van der Waals surface area contributed by atoms with E-state index in [4.69, 9.17) is 4.74 Å². The molecule has 0 saturated carbocycles. The average molecular weight is 317 g/mol. The van der Waals surface area contributed by atoms with Gasteiger partial charge in [-0.05, 0) is 12.1 Å². The summed E-state index contributed by atoms with van der Waals surface area (Å²) in [5.74, 6) is 0. The Morgan fingerprint density at radius 1 is 1.61 bits per heavy atom. The molecule has 1 heterocycles. The van der Waals surface area contributed by atoms with Crippen LogP contribution in [-0.2, 0) is 4.74 Å². The minimum absolute atomic E-state index is 0.0403. The van der Waals surface area contributed by atoms with E-state index in [1.165, 1.54) is 6.07 Å². The number of morpholine rings is 1. The number of hydrogen-bond acceptors (Lipinski definition) is 5. The van der Waals surface area contributed by atoms with Crippen molar-refractivity contribution in [1.29, 1.82) is 0 Å². The van der Waals surface area contributed by atoms with E-state index < -0.39 is 4.92 Å². The number of nitro benzene ring substituents is 1. The van der Waals surface area contributed by atoms with Gasteiger partial charge in [-0.15, -0.1) is 0 Å². The predicted molar refractivity (Wildman–Crippen MR) is 69.8 cm³/mol. The van der Waals surface area contributed by atoms with Crippen LogP contribution in [0.1, 0.15) is 0 Å². The zero-order valence-electron chi connectivity index (χ0n) is 9.58. The first kappa shape index (κ1) is 13.3. The number of hydrogen-bond donors (Lipinski definition) is 1. The number of nitrogens with zero attached hydrogens (tertiary/aromatic N) is 2. The second-order valence-electron chi connectivity index (χ2n) is 3.99. The van der Waals surface area contributed by atoms with Gasteiger partial charge in [0.2, 0.25) is 0 Å². The van der Waals surface area contributed by atoms with Gasteiger partial charge in [0.05, 0.1) is 30.8 Å². The number of ether oxygens (including phenoxy) is 1. The number of rotatable bonds is 3. The smallest absolute Gasteiger partial charge is 0.292 e. The van der Waals surface area contributed by atoms with Crippen LogP contribution in [-0.4, -0.2) is 42.4 Å². The van der Waals surface area contributed by atoms with Gasteiger partial charge in [0, 0.05) is 17.1 Å². The molecular weight excluding hydrogens is 304 g/mol. The maximum absolute atomic E-state index is 11.0. The molecule has 18 heavy (non-hydrogen) atoms. The van der Waals surface area contributed by atoms with Crippen LogP contribution in [0, 0.1) is 10.1 Å². The first-order valence-electron chi connectivity index (χ1n) is 5.52. The van der Waals surface area contributed by atoms with Crippen LogP contribution in [0.5, 0.6) is 0 Å². The van der Waals surface area contributed by atoms with Crippen molar-refractivity contribution in [2.75, 3.05) is 31.3 Å². The van der Waals surface area contributed by atoms with Gasteiger partial charge in [0.15, 0.2) is 0 Å². The third-order valence-corrected chi connectivity index (χ3v) is 3.38. The zero-order valence-corrected chi connectivity index (χ0v) is 11.2. The lowest BCUT2D eigenvalue weighted by Gasteiger charge is -2.35. The molecule has 0 amide bonds. The fraction of sp³-hybridized carbons (Fsp3) is 0.455. The van der Waals surface area contributed by atoms with Crippen molar-refractivity contribution < 1.29 is 14.8 Å². The SMILES string of the molecule is O=[N+]([O-])c1ccc(Br)cc1N1CCOCC1CO. The fourth-order valence-electron chi connectivity index (χ4n) is 2.00. The summed E-state index contributed by atoms with van der Waals surface area (Å²) in [6.45, 7) is 1.31. The molecule has 1 saturated heterocycles. The van der Waals surface area contributed by atoms with E-state index in [9.17, 15) is 15.2 Å². The van der Waals surface area contributed by atoms with Crippen molar-refractivity contribution in [3.63, 3.8) is 0 Å². The molecule has 7 heteroatoms. The number of nitro groups is 1. The second kappa shape index (κ2) is 5.64. The monoisotopic (exact) mass is 316 g/mol. The van der Waals surface area contributed by atoms with Crippen LogP contribution >= 0.6 is 15.9 Å². The van der Waals surface area contributed by atoms with Crippen LogP contribution in [0.3, 0.4) is 0 Å². The van der Waals surface area contributed by atoms with Crippen molar-refractivity contribution in [1.82, 2.24) is 0 Å². The first-order valence-corrected chi connectivity index (χ1v) is 6.32. The van der Waals surface area contributed by atoms with Crippen molar-refractivity contribution in [3.05, 3.63) is 32.8 Å². The van der Waals surface area contributed by atoms with Gasteiger partial charge in [-0.1, -0.05) is 15.9 Å². The van der Waals surface area contributed by atoms with E-state index in [1.807, 2.05) is 4.90 Å². The topological polar surface area (TPSA) is 75.8 Å². The van der Waals surface area contributed by atoms with Gasteiger partial charge in [-0.25, -0.2) is 0 Å². The van der Waals surface area contributed by atoms with E-state index in [2.05, 4.69) is 15.9 Å². The molecule has 2 rings (SSSR count). The Bertz CT molecular complexity index is 455. The third-order valence-electron chi connectivity index (χ3n) is 2.88. The van der Waals surface area contributed by atoms with E-state index in [0.717, 1.165) is 4.47 Å². The molecule has 1 N–H and O–H groups in total. The standard InChI is InChI=1S/C11H13BrN2O4/c12-8-1-2-10(14(16)17)11(5-8)13-3-4-18-7-9(13)6-15/h1-2,5,9,15H,3-4,6-7H2. The Hall–Kier alpha value is -1.18. The Morgan fingerprint density at radius 2 is 2.39 bits per heavy atom. The number of halogens is 1. The summed E-state index contributed by atoms with van der Waals surface area (Å²) >= 11 is 3.31. The van der Waals surface area contributed by atoms with Crippen molar-refractivity contribution in [2.24, 2.45) is 0 Å². The van der Waals surface area contributed by atoms with Gasteiger partial charge in [0.1, 0.15) is 5.69 Å².